The maximum Gasteiger partial charge on any atom is 0.331 e. The molecule has 6 heteroatoms. The second kappa shape index (κ2) is 11.1. The number of esters is 2. The fourth-order valence-electron chi connectivity index (χ4n) is 0.687. The Morgan fingerprint density at radius 3 is 1.56 bits per heavy atom. The van der Waals surface area contributed by atoms with Crippen LogP contribution < -0.4 is 0 Å². The van der Waals surface area contributed by atoms with Crippen molar-refractivity contribution >= 4 is 43.8 Å². The van der Waals surface area contributed by atoms with E-state index in [2.05, 4.69) is 31.9 Å². The first-order valence-corrected chi connectivity index (χ1v) is 7.08. The Labute approximate surface area is 112 Å². The molecule has 92 valence electrons. The lowest BCUT2D eigenvalue weighted by molar-refractivity contribution is -0.140. The number of ether oxygens (including phenoxy) is 2. The first kappa shape index (κ1) is 15.6. The largest absolute Gasteiger partial charge is 0.462 e. The molecule has 0 N–H and O–H groups in total. The first-order chi connectivity index (χ1) is 7.70. The minimum atomic E-state index is -0.529. The molecule has 0 aromatic rings. The second-order valence-corrected chi connectivity index (χ2v) is 4.34. The van der Waals surface area contributed by atoms with Gasteiger partial charge in [0.1, 0.15) is 0 Å². The molecular weight excluding hydrogens is 344 g/mol. The lowest BCUT2D eigenvalue weighted by atomic mass is 10.5. The highest BCUT2D eigenvalue weighted by atomic mass is 79.9. The monoisotopic (exact) mass is 356 g/mol. The number of alkyl halides is 2. The lowest BCUT2D eigenvalue weighted by Crippen LogP contribution is -2.06. The van der Waals surface area contributed by atoms with Crippen LogP contribution in [-0.4, -0.2) is 35.8 Å². The normalized spacial score (nSPS) is 10.4. The smallest absolute Gasteiger partial charge is 0.331 e. The molecule has 0 heterocycles. The van der Waals surface area contributed by atoms with Crippen LogP contribution in [0.1, 0.15) is 12.8 Å². The van der Waals surface area contributed by atoms with Gasteiger partial charge in [0.05, 0.1) is 13.2 Å². The zero-order chi connectivity index (χ0) is 12.2. The molecule has 0 aromatic heterocycles. The van der Waals surface area contributed by atoms with Crippen LogP contribution in [0.3, 0.4) is 0 Å². The Balaban J connectivity index is 3.63. The number of hydrogen-bond donors (Lipinski definition) is 0. The van der Waals surface area contributed by atoms with Crippen molar-refractivity contribution in [3.8, 4) is 0 Å². The van der Waals surface area contributed by atoms with Crippen molar-refractivity contribution < 1.29 is 19.1 Å². The van der Waals surface area contributed by atoms with Crippen molar-refractivity contribution in [1.82, 2.24) is 0 Å². The standard InChI is InChI=1S/C10H14Br2O4/c11-5-1-7-15-9(13)3-4-10(14)16-8-2-6-12/h3-4H,1-2,5-8H2/b4-3+. The van der Waals surface area contributed by atoms with Crippen molar-refractivity contribution in [2.75, 3.05) is 23.9 Å². The summed E-state index contributed by atoms with van der Waals surface area (Å²) in [6, 6.07) is 0. The number of carbonyl (C=O) groups is 2. The molecule has 0 atom stereocenters. The predicted molar refractivity (Wildman–Crippen MR) is 67.9 cm³/mol. The third-order valence-corrected chi connectivity index (χ3v) is 2.52. The quantitative estimate of drug-likeness (QED) is 0.289. The molecule has 0 spiro atoms. The maximum absolute atomic E-state index is 11.0. The van der Waals surface area contributed by atoms with E-state index in [1.165, 1.54) is 0 Å². The van der Waals surface area contributed by atoms with Crippen LogP contribution in [0.4, 0.5) is 0 Å². The summed E-state index contributed by atoms with van der Waals surface area (Å²) in [6.07, 6.45) is 3.64. The van der Waals surface area contributed by atoms with Gasteiger partial charge in [0.2, 0.25) is 0 Å². The van der Waals surface area contributed by atoms with Crippen LogP contribution >= 0.6 is 31.9 Å². The Bertz CT molecular complexity index is 217. The van der Waals surface area contributed by atoms with Crippen molar-refractivity contribution in [3.05, 3.63) is 12.2 Å². The predicted octanol–water partition coefficient (Wildman–Crippen LogP) is 2.20. The second-order valence-electron chi connectivity index (χ2n) is 2.75. The average Bonchev–Trinajstić information content (AvgIpc) is 2.27. The SMILES string of the molecule is O=C(/C=C/C(=O)OCCCBr)OCCCBr. The summed E-state index contributed by atoms with van der Waals surface area (Å²) in [4.78, 5) is 22.0. The van der Waals surface area contributed by atoms with Crippen molar-refractivity contribution in [2.45, 2.75) is 12.8 Å². The summed E-state index contributed by atoms with van der Waals surface area (Å²) in [6.45, 7) is 0.681. The summed E-state index contributed by atoms with van der Waals surface area (Å²) in [7, 11) is 0. The summed E-state index contributed by atoms with van der Waals surface area (Å²) in [5.74, 6) is -1.06. The minimum absolute atomic E-state index is 0.340. The molecule has 0 saturated carbocycles. The molecule has 0 aliphatic rings. The zero-order valence-electron chi connectivity index (χ0n) is 8.79. The van der Waals surface area contributed by atoms with E-state index < -0.39 is 11.9 Å². The molecule has 0 radical (unpaired) electrons. The number of hydrogen-bond acceptors (Lipinski definition) is 4. The molecule has 0 amide bonds. The van der Waals surface area contributed by atoms with Crippen molar-refractivity contribution in [1.29, 1.82) is 0 Å². The van der Waals surface area contributed by atoms with Gasteiger partial charge in [-0.1, -0.05) is 31.9 Å². The lowest BCUT2D eigenvalue weighted by Gasteiger charge is -2.00. The van der Waals surface area contributed by atoms with E-state index >= 15 is 0 Å². The van der Waals surface area contributed by atoms with Gasteiger partial charge >= 0.3 is 11.9 Å². The Hall–Kier alpha value is -0.360. The van der Waals surface area contributed by atoms with E-state index in [1.807, 2.05) is 0 Å². The molecule has 0 aliphatic heterocycles. The molecule has 0 unspecified atom stereocenters. The van der Waals surface area contributed by atoms with Gasteiger partial charge in [0.25, 0.3) is 0 Å². The van der Waals surface area contributed by atoms with E-state index in [0.29, 0.717) is 13.2 Å². The number of carbonyl (C=O) groups excluding carboxylic acids is 2. The van der Waals surface area contributed by atoms with E-state index in [-0.39, 0.29) is 0 Å². The van der Waals surface area contributed by atoms with Crippen LogP contribution in [0.15, 0.2) is 12.2 Å². The molecule has 4 nitrogen and oxygen atoms in total. The molecule has 0 aliphatic carbocycles. The average molecular weight is 358 g/mol. The van der Waals surface area contributed by atoms with Gasteiger partial charge in [-0.25, -0.2) is 9.59 Å². The van der Waals surface area contributed by atoms with Gasteiger partial charge in [-0.15, -0.1) is 0 Å². The summed E-state index contributed by atoms with van der Waals surface area (Å²) in [5.41, 5.74) is 0. The summed E-state index contributed by atoms with van der Waals surface area (Å²) in [5, 5.41) is 1.55. The third-order valence-electron chi connectivity index (χ3n) is 1.40. The zero-order valence-corrected chi connectivity index (χ0v) is 12.0. The van der Waals surface area contributed by atoms with Gasteiger partial charge in [0, 0.05) is 22.8 Å². The molecule has 0 fully saturated rings. The molecular formula is C10H14Br2O4. The van der Waals surface area contributed by atoms with Crippen LogP contribution in [0, 0.1) is 0 Å². The van der Waals surface area contributed by atoms with Gasteiger partial charge in [-0.2, -0.15) is 0 Å². The topological polar surface area (TPSA) is 52.6 Å². The summed E-state index contributed by atoms with van der Waals surface area (Å²) < 4.78 is 9.57. The molecule has 0 saturated heterocycles. The fourth-order valence-corrected chi connectivity index (χ4v) is 1.14. The van der Waals surface area contributed by atoms with Crippen LogP contribution in [0.5, 0.6) is 0 Å². The summed E-state index contributed by atoms with van der Waals surface area (Å²) >= 11 is 6.42. The van der Waals surface area contributed by atoms with E-state index in [0.717, 1.165) is 35.7 Å². The van der Waals surface area contributed by atoms with Crippen molar-refractivity contribution in [2.24, 2.45) is 0 Å². The van der Waals surface area contributed by atoms with Crippen LogP contribution in [0.25, 0.3) is 0 Å². The van der Waals surface area contributed by atoms with E-state index in [1.54, 1.807) is 0 Å². The highest BCUT2D eigenvalue weighted by molar-refractivity contribution is 9.09. The maximum atomic E-state index is 11.0. The minimum Gasteiger partial charge on any atom is -0.462 e. The van der Waals surface area contributed by atoms with Crippen molar-refractivity contribution in [3.63, 3.8) is 0 Å². The van der Waals surface area contributed by atoms with Gasteiger partial charge in [-0.3, -0.25) is 0 Å². The number of rotatable bonds is 8. The Kier molecular flexibility index (Phi) is 10.9. The van der Waals surface area contributed by atoms with Crippen LogP contribution in [-0.2, 0) is 19.1 Å². The van der Waals surface area contributed by atoms with E-state index in [9.17, 15) is 9.59 Å². The highest BCUT2D eigenvalue weighted by Gasteiger charge is 2.00. The Morgan fingerprint density at radius 2 is 1.25 bits per heavy atom. The molecule has 0 bridgehead atoms. The van der Waals surface area contributed by atoms with Gasteiger partial charge in [0.15, 0.2) is 0 Å². The molecule has 0 aromatic carbocycles. The number of halogens is 2. The van der Waals surface area contributed by atoms with Crippen LogP contribution in [0.2, 0.25) is 0 Å². The first-order valence-electron chi connectivity index (χ1n) is 4.84. The van der Waals surface area contributed by atoms with Gasteiger partial charge < -0.3 is 9.47 Å². The third kappa shape index (κ3) is 10.2. The van der Waals surface area contributed by atoms with E-state index in [4.69, 9.17) is 9.47 Å². The highest BCUT2D eigenvalue weighted by Crippen LogP contribution is 1.92. The molecule has 16 heavy (non-hydrogen) atoms. The Morgan fingerprint density at radius 1 is 0.875 bits per heavy atom. The van der Waals surface area contributed by atoms with Gasteiger partial charge in [-0.05, 0) is 12.8 Å². The molecule has 0 rings (SSSR count). The fraction of sp³-hybridized carbons (Fsp3) is 0.600.